The number of nitrogens with zero attached hydrogens (tertiary/aromatic N) is 1. The van der Waals surface area contributed by atoms with E-state index in [4.69, 9.17) is 0 Å². The zero-order chi connectivity index (χ0) is 21.0. The summed E-state index contributed by atoms with van der Waals surface area (Å²) < 4.78 is 27.2. The highest BCUT2D eigenvalue weighted by atomic mass is 32.2. The van der Waals surface area contributed by atoms with Crippen LogP contribution in [0.3, 0.4) is 0 Å². The first-order chi connectivity index (χ1) is 13.8. The predicted octanol–water partition coefficient (Wildman–Crippen LogP) is 3.97. The van der Waals surface area contributed by atoms with Crippen molar-refractivity contribution in [3.05, 3.63) is 65.2 Å². The number of hydrogen-bond acceptors (Lipinski definition) is 3. The molecule has 0 aromatic heterocycles. The third-order valence-corrected chi connectivity index (χ3v) is 7.68. The van der Waals surface area contributed by atoms with Crippen molar-refractivity contribution in [3.8, 4) is 0 Å². The summed E-state index contributed by atoms with van der Waals surface area (Å²) in [6.45, 7) is 6.79. The molecule has 1 saturated heterocycles. The topological polar surface area (TPSA) is 66.5 Å². The molecule has 1 atom stereocenters. The van der Waals surface area contributed by atoms with Crippen LogP contribution < -0.4 is 5.32 Å². The number of rotatable bonds is 6. The van der Waals surface area contributed by atoms with E-state index in [-0.39, 0.29) is 17.9 Å². The number of carbonyl (C=O) groups excluding carboxylic acids is 1. The van der Waals surface area contributed by atoms with E-state index < -0.39 is 10.0 Å². The van der Waals surface area contributed by atoms with Crippen molar-refractivity contribution in [2.75, 3.05) is 13.1 Å². The molecule has 1 aliphatic heterocycles. The van der Waals surface area contributed by atoms with Gasteiger partial charge in [-0.05, 0) is 56.4 Å². The molecule has 1 fully saturated rings. The molecule has 0 bridgehead atoms. The van der Waals surface area contributed by atoms with Crippen LogP contribution in [0.1, 0.15) is 48.9 Å². The Morgan fingerprint density at radius 3 is 2.28 bits per heavy atom. The van der Waals surface area contributed by atoms with E-state index in [0.29, 0.717) is 30.8 Å². The van der Waals surface area contributed by atoms with Crippen LogP contribution >= 0.6 is 0 Å². The van der Waals surface area contributed by atoms with E-state index in [9.17, 15) is 13.2 Å². The molecule has 0 radical (unpaired) electrons. The second kappa shape index (κ2) is 9.09. The SMILES string of the molecule is CC[C@H](NC(=O)C1CCN(S(=O)(=O)c2ccc(C)cc2)CC1)c1ccccc1C. The van der Waals surface area contributed by atoms with Gasteiger partial charge in [0.2, 0.25) is 15.9 Å². The van der Waals surface area contributed by atoms with Crippen LogP contribution in [-0.2, 0) is 14.8 Å². The van der Waals surface area contributed by atoms with Gasteiger partial charge in [0.1, 0.15) is 0 Å². The van der Waals surface area contributed by atoms with Gasteiger partial charge in [-0.25, -0.2) is 8.42 Å². The van der Waals surface area contributed by atoms with Crippen molar-refractivity contribution in [3.63, 3.8) is 0 Å². The molecule has 0 unspecified atom stereocenters. The van der Waals surface area contributed by atoms with Crippen LogP contribution in [0.25, 0.3) is 0 Å². The van der Waals surface area contributed by atoms with Gasteiger partial charge in [-0.1, -0.05) is 48.9 Å². The van der Waals surface area contributed by atoms with Gasteiger partial charge in [-0.2, -0.15) is 4.31 Å². The molecular weight excluding hydrogens is 384 g/mol. The number of hydrogen-bond donors (Lipinski definition) is 1. The standard InChI is InChI=1S/C23H30N2O3S/c1-4-22(21-8-6-5-7-18(21)3)24-23(26)19-13-15-25(16-14-19)29(27,28)20-11-9-17(2)10-12-20/h5-12,19,22H,4,13-16H2,1-3H3,(H,24,26)/t22-/m0/s1. The molecule has 6 heteroatoms. The van der Waals surface area contributed by atoms with Crippen molar-refractivity contribution in [2.45, 2.75) is 51.0 Å². The molecule has 1 amide bonds. The van der Waals surface area contributed by atoms with E-state index in [1.165, 1.54) is 9.87 Å². The van der Waals surface area contributed by atoms with Crippen LogP contribution in [0, 0.1) is 19.8 Å². The first-order valence-corrected chi connectivity index (χ1v) is 11.7. The summed E-state index contributed by atoms with van der Waals surface area (Å²) in [4.78, 5) is 13.2. The number of nitrogens with one attached hydrogen (secondary N) is 1. The van der Waals surface area contributed by atoms with E-state index >= 15 is 0 Å². The average Bonchev–Trinajstić information content (AvgIpc) is 2.73. The number of amides is 1. The molecule has 2 aromatic rings. The maximum absolute atomic E-state index is 12.8. The predicted molar refractivity (Wildman–Crippen MR) is 115 cm³/mol. The molecule has 0 spiro atoms. The quantitative estimate of drug-likeness (QED) is 0.778. The Balaban J connectivity index is 1.62. The Kier molecular flexibility index (Phi) is 6.75. The average molecular weight is 415 g/mol. The second-order valence-corrected chi connectivity index (χ2v) is 9.76. The fraction of sp³-hybridized carbons (Fsp3) is 0.435. The van der Waals surface area contributed by atoms with Gasteiger partial charge >= 0.3 is 0 Å². The van der Waals surface area contributed by atoms with Gasteiger partial charge in [0.15, 0.2) is 0 Å². The molecule has 2 aromatic carbocycles. The number of benzene rings is 2. The van der Waals surface area contributed by atoms with Gasteiger partial charge in [0.05, 0.1) is 10.9 Å². The van der Waals surface area contributed by atoms with Crippen molar-refractivity contribution in [2.24, 2.45) is 5.92 Å². The zero-order valence-electron chi connectivity index (χ0n) is 17.4. The summed E-state index contributed by atoms with van der Waals surface area (Å²) in [5.41, 5.74) is 3.33. The summed E-state index contributed by atoms with van der Waals surface area (Å²) >= 11 is 0. The molecule has 0 aliphatic carbocycles. The van der Waals surface area contributed by atoms with Gasteiger partial charge in [0.25, 0.3) is 0 Å². The highest BCUT2D eigenvalue weighted by Crippen LogP contribution is 2.26. The minimum Gasteiger partial charge on any atom is -0.349 e. The maximum atomic E-state index is 12.8. The minimum absolute atomic E-state index is 0.0157. The summed E-state index contributed by atoms with van der Waals surface area (Å²) in [7, 11) is -3.50. The Morgan fingerprint density at radius 2 is 1.69 bits per heavy atom. The van der Waals surface area contributed by atoms with E-state index in [2.05, 4.69) is 31.3 Å². The fourth-order valence-corrected chi connectivity index (χ4v) is 5.35. The molecule has 156 valence electrons. The first kappa shape index (κ1) is 21.5. The smallest absolute Gasteiger partial charge is 0.243 e. The minimum atomic E-state index is -3.50. The molecule has 1 aliphatic rings. The second-order valence-electron chi connectivity index (χ2n) is 7.82. The van der Waals surface area contributed by atoms with Crippen molar-refractivity contribution in [1.29, 1.82) is 0 Å². The molecule has 29 heavy (non-hydrogen) atoms. The molecular formula is C23H30N2O3S. The first-order valence-electron chi connectivity index (χ1n) is 10.3. The van der Waals surface area contributed by atoms with E-state index in [1.54, 1.807) is 12.1 Å². The molecule has 1 heterocycles. The Bertz CT molecular complexity index is 946. The Morgan fingerprint density at radius 1 is 1.07 bits per heavy atom. The third kappa shape index (κ3) is 4.87. The van der Waals surface area contributed by atoms with Crippen LogP contribution in [0.5, 0.6) is 0 Å². The highest BCUT2D eigenvalue weighted by molar-refractivity contribution is 7.89. The van der Waals surface area contributed by atoms with Crippen LogP contribution in [0.4, 0.5) is 0 Å². The van der Waals surface area contributed by atoms with Crippen molar-refractivity contribution < 1.29 is 13.2 Å². The Labute approximate surface area is 174 Å². The molecule has 3 rings (SSSR count). The van der Waals surface area contributed by atoms with E-state index in [0.717, 1.165) is 17.5 Å². The number of aryl methyl sites for hydroxylation is 2. The number of carbonyl (C=O) groups is 1. The molecule has 0 saturated carbocycles. The summed E-state index contributed by atoms with van der Waals surface area (Å²) in [5.74, 6) is -0.134. The van der Waals surface area contributed by atoms with Crippen LogP contribution in [0.2, 0.25) is 0 Å². The van der Waals surface area contributed by atoms with Crippen molar-refractivity contribution >= 4 is 15.9 Å². The molecule has 1 N–H and O–H groups in total. The summed E-state index contributed by atoms with van der Waals surface area (Å²) in [6, 6.07) is 15.0. The monoisotopic (exact) mass is 414 g/mol. The molecule has 5 nitrogen and oxygen atoms in total. The number of sulfonamides is 1. The highest BCUT2D eigenvalue weighted by Gasteiger charge is 2.32. The lowest BCUT2D eigenvalue weighted by molar-refractivity contribution is -0.126. The van der Waals surface area contributed by atoms with Crippen molar-refractivity contribution in [1.82, 2.24) is 9.62 Å². The van der Waals surface area contributed by atoms with Crippen LogP contribution in [0.15, 0.2) is 53.4 Å². The Hall–Kier alpha value is -2.18. The fourth-order valence-electron chi connectivity index (χ4n) is 3.88. The van der Waals surface area contributed by atoms with Gasteiger partial charge < -0.3 is 5.32 Å². The number of piperidine rings is 1. The summed E-state index contributed by atoms with van der Waals surface area (Å²) in [5, 5.41) is 3.18. The lowest BCUT2D eigenvalue weighted by Crippen LogP contribution is -2.43. The zero-order valence-corrected chi connectivity index (χ0v) is 18.2. The van der Waals surface area contributed by atoms with Crippen LogP contribution in [-0.4, -0.2) is 31.7 Å². The lowest BCUT2D eigenvalue weighted by Gasteiger charge is -2.31. The largest absolute Gasteiger partial charge is 0.349 e. The maximum Gasteiger partial charge on any atom is 0.243 e. The van der Waals surface area contributed by atoms with E-state index in [1.807, 2.05) is 31.2 Å². The lowest BCUT2D eigenvalue weighted by atomic mass is 9.94. The normalized spacial score (nSPS) is 17.1. The van der Waals surface area contributed by atoms with Gasteiger partial charge in [-0.15, -0.1) is 0 Å². The van der Waals surface area contributed by atoms with Gasteiger partial charge in [-0.3, -0.25) is 4.79 Å². The summed E-state index contributed by atoms with van der Waals surface area (Å²) in [6.07, 6.45) is 1.90. The third-order valence-electron chi connectivity index (χ3n) is 5.77. The van der Waals surface area contributed by atoms with Gasteiger partial charge in [0, 0.05) is 19.0 Å².